The molecule has 0 unspecified atom stereocenters. The van der Waals surface area contributed by atoms with E-state index in [1.165, 1.54) is 33.3 Å². The summed E-state index contributed by atoms with van der Waals surface area (Å²) in [5.74, 6) is -18.9. The smallest absolute Gasteiger partial charge is 0.328 e. The van der Waals surface area contributed by atoms with Crippen LogP contribution in [0, 0.1) is 11.8 Å². The summed E-state index contributed by atoms with van der Waals surface area (Å²) in [7, 11) is 0. The fourth-order valence-corrected chi connectivity index (χ4v) is 9.25. The van der Waals surface area contributed by atoms with Crippen molar-refractivity contribution in [3.05, 3.63) is 18.2 Å². The van der Waals surface area contributed by atoms with E-state index in [0.717, 1.165) is 18.7 Å². The Bertz CT molecular complexity index is 2850. The second-order valence-electron chi connectivity index (χ2n) is 22.9. The molecule has 0 saturated carbocycles. The number of primary amides is 2. The summed E-state index contributed by atoms with van der Waals surface area (Å²) < 4.78 is 0. The zero-order valence-corrected chi connectivity index (χ0v) is 52.5. The molecule has 1 aromatic heterocycles. The minimum atomic E-state index is -1.99. The van der Waals surface area contributed by atoms with Crippen molar-refractivity contribution in [3.8, 4) is 0 Å². The number of aliphatic hydroxyl groups is 3. The van der Waals surface area contributed by atoms with Gasteiger partial charge in [-0.1, -0.05) is 27.7 Å². The molecule has 14 atom stereocenters. The van der Waals surface area contributed by atoms with Crippen molar-refractivity contribution in [2.75, 3.05) is 19.6 Å². The maximum Gasteiger partial charge on any atom is 0.328 e. The molecule has 0 spiro atoms. The number of hydrogen-bond acceptors (Lipinski definition) is 21. The van der Waals surface area contributed by atoms with Gasteiger partial charge >= 0.3 is 11.9 Å². The van der Waals surface area contributed by atoms with Gasteiger partial charge in [-0.15, -0.1) is 0 Å². The number of nitrogens with two attached hydrogens (primary N) is 5. The number of aliphatic carboxylic acids is 2. The Labute approximate surface area is 533 Å². The summed E-state index contributed by atoms with van der Waals surface area (Å²) in [4.78, 5) is 210. The number of aromatic amines is 1. The molecule has 0 aliphatic carbocycles. The first kappa shape index (κ1) is 79.5. The van der Waals surface area contributed by atoms with Crippen molar-refractivity contribution >= 4 is 94.7 Å². The molecule has 26 N–H and O–H groups in total. The van der Waals surface area contributed by atoms with E-state index in [1.54, 1.807) is 0 Å². The molecule has 2 rings (SSSR count). The average molecular weight is 1320 g/mol. The molecule has 0 radical (unpaired) electrons. The third-order valence-corrected chi connectivity index (χ3v) is 14.0. The topological polar surface area (TPSA) is 652 Å². The molecule has 39 heteroatoms. The maximum atomic E-state index is 14.4. The molecular weight excluding hydrogens is 1230 g/mol. The largest absolute Gasteiger partial charge is 0.481 e. The number of aliphatic hydroxyl groups excluding tert-OH is 3. The van der Waals surface area contributed by atoms with Gasteiger partial charge in [0, 0.05) is 31.4 Å². The van der Waals surface area contributed by atoms with Crippen molar-refractivity contribution in [1.82, 2.24) is 68.0 Å². The monoisotopic (exact) mass is 1320 g/mol. The van der Waals surface area contributed by atoms with E-state index in [9.17, 15) is 97.5 Å². The number of aromatic nitrogens is 2. The summed E-state index contributed by atoms with van der Waals surface area (Å²) >= 11 is 0. The van der Waals surface area contributed by atoms with Gasteiger partial charge in [0.15, 0.2) is 12.0 Å². The number of amides is 13. The van der Waals surface area contributed by atoms with Gasteiger partial charge in [-0.25, -0.2) is 9.78 Å². The molecule has 2 heterocycles. The third-order valence-electron chi connectivity index (χ3n) is 14.0. The number of nitrogens with zero attached hydrogens (tertiary/aromatic N) is 3. The fourth-order valence-electron chi connectivity index (χ4n) is 9.25. The zero-order chi connectivity index (χ0) is 70.7. The Morgan fingerprint density at radius 2 is 1.09 bits per heavy atom. The summed E-state index contributed by atoms with van der Waals surface area (Å²) in [6.07, 6.45) is -5.37. The number of carbonyl (C=O) groups excluding carboxylic acids is 13. The molecule has 39 nitrogen and oxygen atoms in total. The highest BCUT2D eigenvalue weighted by atomic mass is 16.4. The molecule has 1 aliphatic rings. The first-order valence-corrected chi connectivity index (χ1v) is 29.5. The minimum absolute atomic E-state index is 0.000647. The normalized spacial score (nSPS) is 17.0. The van der Waals surface area contributed by atoms with Crippen LogP contribution >= 0.6 is 0 Å². The maximum absolute atomic E-state index is 14.4. The van der Waals surface area contributed by atoms with Gasteiger partial charge in [0.2, 0.25) is 76.8 Å². The van der Waals surface area contributed by atoms with Crippen molar-refractivity contribution in [2.24, 2.45) is 45.5 Å². The summed E-state index contributed by atoms with van der Waals surface area (Å²) in [5, 5.41) is 72.3. The van der Waals surface area contributed by atoms with E-state index >= 15 is 0 Å². The number of aliphatic imine (C=N–C) groups is 1. The minimum Gasteiger partial charge on any atom is -0.481 e. The lowest BCUT2D eigenvalue weighted by Gasteiger charge is -2.31. The summed E-state index contributed by atoms with van der Waals surface area (Å²) in [5.41, 5.74) is 28.0. The van der Waals surface area contributed by atoms with Gasteiger partial charge in [0.25, 0.3) is 0 Å². The Hall–Kier alpha value is -9.63. The van der Waals surface area contributed by atoms with E-state index in [1.807, 2.05) is 19.2 Å². The Balaban J connectivity index is 2.35. The quantitative estimate of drug-likeness (QED) is 0.0165. The molecular formula is C54H89N19O20. The van der Waals surface area contributed by atoms with Gasteiger partial charge in [-0.3, -0.25) is 72.1 Å². The highest BCUT2D eigenvalue weighted by Gasteiger charge is 2.42. The van der Waals surface area contributed by atoms with Crippen LogP contribution in [0.2, 0.25) is 0 Å². The van der Waals surface area contributed by atoms with Crippen LogP contribution in [0.15, 0.2) is 17.5 Å². The van der Waals surface area contributed by atoms with E-state index in [4.69, 9.17) is 28.7 Å². The zero-order valence-electron chi connectivity index (χ0n) is 52.5. The van der Waals surface area contributed by atoms with Crippen LogP contribution in [-0.2, 0) is 78.3 Å². The van der Waals surface area contributed by atoms with Crippen LogP contribution in [0.5, 0.6) is 0 Å². The van der Waals surface area contributed by atoms with Crippen molar-refractivity contribution in [1.29, 1.82) is 0 Å². The summed E-state index contributed by atoms with van der Waals surface area (Å²) in [6.45, 7) is 8.62. The van der Waals surface area contributed by atoms with Gasteiger partial charge in [0.1, 0.15) is 54.4 Å². The van der Waals surface area contributed by atoms with Crippen molar-refractivity contribution < 1.29 is 97.5 Å². The number of likely N-dealkylation sites (tertiary alicyclic amines) is 1. The average Bonchev–Trinajstić information content (AvgIpc) is 1.79. The molecule has 520 valence electrons. The second kappa shape index (κ2) is 38.3. The summed E-state index contributed by atoms with van der Waals surface area (Å²) in [6, 6.07) is -18.4. The molecule has 0 aromatic carbocycles. The Morgan fingerprint density at radius 3 is 1.58 bits per heavy atom. The van der Waals surface area contributed by atoms with E-state index in [0.29, 0.717) is 0 Å². The molecule has 1 fully saturated rings. The molecule has 1 aromatic rings. The lowest BCUT2D eigenvalue weighted by atomic mass is 10.0. The van der Waals surface area contributed by atoms with Gasteiger partial charge in [0.05, 0.1) is 56.5 Å². The molecule has 93 heavy (non-hydrogen) atoms. The standard InChI is InChI=1S/C54H89N19O20/c1-22(2)14-28(55)43(82)70-40(24(5)74)50(89)65-29(10-8-12-61-54(58)59)52(91)73-13-9-11-34(73)48(87)67-32(17-36(57)78)45(84)66-30(15-27-19-60-21-63-27)44(83)62-20-37(79)64-31(16-35(56)77)46(85)71-41(25(6)75)51(90)69-39(23(3)4)49(88)68-33(18-38(80)81)47(86)72-42(26(7)76)53(92)93/h19,21-26,28-34,39-42,74-76H,8-18,20,55H2,1-7H3,(H2,56,77)(H2,57,78)(H,60,63)(H,62,83)(H,64,79)(H,65,89)(H,66,84)(H,67,87)(H,68,88)(H,69,90)(H,70,82)(H,71,85)(H,72,86)(H,80,81)(H,92,93)(H4,58,59,61)/t24-,25-,26-,28+,29+,30+,31+,32+,33+,34+,39+,40+,41+,42+/m1/s1. The van der Waals surface area contributed by atoms with E-state index < -0.39 is 212 Å². The SMILES string of the molecule is CC(C)C[C@H](N)C(=O)N[C@H](C(=O)N[C@@H](CCCN=C(N)N)C(=O)N1CCC[C@H]1C(=O)N[C@@H](CC(N)=O)C(=O)N[C@@H](Cc1cnc[nH]1)C(=O)NCC(=O)N[C@@H](CC(N)=O)C(=O)N[C@H](C(=O)N[C@H](C(=O)N[C@@H](CC(=O)O)C(=O)N[C@H](C(=O)O)[C@@H](C)O)C(C)C)[C@@H](C)O)[C@@H](C)O. The Kier molecular flexibility index (Phi) is 32.7. The molecule has 1 aliphatic heterocycles. The number of guanidine groups is 1. The number of nitrogens with one attached hydrogen (secondary N) is 11. The predicted molar refractivity (Wildman–Crippen MR) is 322 cm³/mol. The number of carbonyl (C=O) groups is 15. The first-order valence-electron chi connectivity index (χ1n) is 29.5. The van der Waals surface area contributed by atoms with Crippen LogP contribution in [0.4, 0.5) is 0 Å². The van der Waals surface area contributed by atoms with Crippen LogP contribution in [0.3, 0.4) is 0 Å². The third kappa shape index (κ3) is 27.4. The Morgan fingerprint density at radius 1 is 0.602 bits per heavy atom. The van der Waals surface area contributed by atoms with Crippen molar-refractivity contribution in [3.63, 3.8) is 0 Å². The highest BCUT2D eigenvalue weighted by molar-refractivity contribution is 6.01. The molecule has 13 amide bonds. The fraction of sp³-hybridized carbons (Fsp3) is 0.648. The number of carboxylic acids is 2. The number of hydrogen-bond donors (Lipinski definition) is 21. The molecule has 1 saturated heterocycles. The predicted octanol–water partition coefficient (Wildman–Crippen LogP) is -10.0. The lowest BCUT2D eigenvalue weighted by molar-refractivity contribution is -0.146. The van der Waals surface area contributed by atoms with Gasteiger partial charge in [-0.05, 0) is 64.7 Å². The second-order valence-corrected chi connectivity index (χ2v) is 22.9. The van der Waals surface area contributed by atoms with E-state index in [-0.39, 0.29) is 62.8 Å². The van der Waals surface area contributed by atoms with E-state index in [2.05, 4.69) is 62.8 Å². The number of rotatable bonds is 40. The van der Waals surface area contributed by atoms with Crippen LogP contribution < -0.4 is 81.8 Å². The van der Waals surface area contributed by atoms with Gasteiger partial charge < -0.3 is 117 Å². The van der Waals surface area contributed by atoms with Crippen LogP contribution in [-0.4, -0.2) is 239 Å². The lowest BCUT2D eigenvalue weighted by Crippen LogP contribution is -2.62. The highest BCUT2D eigenvalue weighted by Crippen LogP contribution is 2.21. The van der Waals surface area contributed by atoms with Crippen LogP contribution in [0.25, 0.3) is 0 Å². The van der Waals surface area contributed by atoms with Crippen LogP contribution in [0.1, 0.15) is 106 Å². The first-order chi connectivity index (χ1) is 43.3. The number of imidazole rings is 1. The number of H-pyrrole nitrogens is 1. The van der Waals surface area contributed by atoms with Crippen molar-refractivity contribution in [2.45, 2.75) is 191 Å². The van der Waals surface area contributed by atoms with Gasteiger partial charge in [-0.2, -0.15) is 0 Å². The number of carboxylic acid groups (broad SMARTS) is 2. The molecule has 0 bridgehead atoms.